The molecule has 0 amide bonds. The van der Waals surface area contributed by atoms with E-state index in [1.807, 2.05) is 0 Å². The van der Waals surface area contributed by atoms with Crippen molar-refractivity contribution in [2.24, 2.45) is 0 Å². The summed E-state index contributed by atoms with van der Waals surface area (Å²) >= 11 is 0. The van der Waals surface area contributed by atoms with Gasteiger partial charge in [-0.05, 0) is 19.3 Å². The largest absolute Gasteiger partial charge is 0.345 e. The van der Waals surface area contributed by atoms with Gasteiger partial charge in [-0.25, -0.2) is 0 Å². The molecule has 1 atom stereocenters. The molecule has 0 rings (SSSR count). The molecule has 0 aromatic rings. The van der Waals surface area contributed by atoms with Gasteiger partial charge in [0.1, 0.15) is 0 Å². The number of ether oxygens (including phenoxy) is 2. The van der Waals surface area contributed by atoms with Gasteiger partial charge in [-0.2, -0.15) is 0 Å². The molecule has 0 aromatic carbocycles. The normalized spacial score (nSPS) is 13.1. The molecule has 1 unspecified atom stereocenters. The number of hydrogen-bond acceptors (Lipinski definition) is 4. The van der Waals surface area contributed by atoms with E-state index in [-0.39, 0.29) is 0 Å². The molecule has 0 radical (unpaired) electrons. The van der Waals surface area contributed by atoms with Gasteiger partial charge in [0.25, 0.3) is 0 Å². The molecular weight excluding hydrogens is 251 g/mol. The first-order valence-corrected chi connectivity index (χ1v) is 8.55. The summed E-state index contributed by atoms with van der Waals surface area (Å²) in [5, 5.41) is 0. The summed E-state index contributed by atoms with van der Waals surface area (Å²) in [4.78, 5) is 0. The lowest BCUT2D eigenvalue weighted by atomic mass is 10.4. The van der Waals surface area contributed by atoms with Crippen molar-refractivity contribution in [1.82, 2.24) is 0 Å². The van der Waals surface area contributed by atoms with Crippen LogP contribution in [0.2, 0.25) is 0 Å². The van der Waals surface area contributed by atoms with E-state index >= 15 is 0 Å². The van der Waals surface area contributed by atoms with Crippen LogP contribution in [0.3, 0.4) is 0 Å². The molecule has 0 aliphatic rings. The molecule has 0 bridgehead atoms. The third-order valence-corrected chi connectivity index (χ3v) is 3.68. The maximum Gasteiger partial charge on any atom is 0.246 e. The molecular formula is C13H29O4P. The van der Waals surface area contributed by atoms with Crippen molar-refractivity contribution >= 4 is 8.03 Å². The lowest BCUT2D eigenvalue weighted by Crippen LogP contribution is -2.16. The van der Waals surface area contributed by atoms with E-state index in [2.05, 4.69) is 20.8 Å². The highest BCUT2D eigenvalue weighted by atomic mass is 31.1. The van der Waals surface area contributed by atoms with E-state index in [1.165, 1.54) is 0 Å². The van der Waals surface area contributed by atoms with Gasteiger partial charge in [-0.3, -0.25) is 4.57 Å². The minimum atomic E-state index is -2.26. The Labute approximate surface area is 112 Å². The lowest BCUT2D eigenvalue weighted by Gasteiger charge is -2.18. The van der Waals surface area contributed by atoms with Gasteiger partial charge >= 0.3 is 0 Å². The van der Waals surface area contributed by atoms with E-state index in [4.69, 9.17) is 14.0 Å². The Morgan fingerprint density at radius 1 is 0.833 bits per heavy atom. The van der Waals surface area contributed by atoms with Crippen molar-refractivity contribution in [2.45, 2.75) is 65.3 Å². The third kappa shape index (κ3) is 10.1. The monoisotopic (exact) mass is 280 g/mol. The highest BCUT2D eigenvalue weighted by Crippen LogP contribution is 2.32. The Morgan fingerprint density at radius 2 is 1.28 bits per heavy atom. The number of rotatable bonds is 13. The third-order valence-electron chi connectivity index (χ3n) is 2.47. The Hall–Kier alpha value is 0.110. The van der Waals surface area contributed by atoms with Crippen LogP contribution in [0.15, 0.2) is 0 Å². The summed E-state index contributed by atoms with van der Waals surface area (Å²) in [7, 11) is -2.26. The standard InChI is InChI=1S/C13H29O4P/c1-4-7-10-15-13(16-11-8-5-2)18(14)17-12-9-6-3/h13,18H,4-12H2,1-3H3. The zero-order valence-corrected chi connectivity index (χ0v) is 13.1. The summed E-state index contributed by atoms with van der Waals surface area (Å²) in [6.07, 6.45) is 5.98. The lowest BCUT2D eigenvalue weighted by molar-refractivity contribution is -0.0946. The quantitative estimate of drug-likeness (QED) is 0.288. The highest BCUT2D eigenvalue weighted by molar-refractivity contribution is 7.39. The molecule has 0 saturated carbocycles. The Kier molecular flexibility index (Phi) is 13.6. The second-order valence-electron chi connectivity index (χ2n) is 4.30. The van der Waals surface area contributed by atoms with Crippen LogP contribution in [-0.2, 0) is 18.6 Å². The van der Waals surface area contributed by atoms with Crippen molar-refractivity contribution in [2.75, 3.05) is 19.8 Å². The van der Waals surface area contributed by atoms with Crippen LogP contribution in [0.4, 0.5) is 0 Å². The van der Waals surface area contributed by atoms with Gasteiger partial charge < -0.3 is 14.0 Å². The minimum Gasteiger partial charge on any atom is -0.345 e. The van der Waals surface area contributed by atoms with Gasteiger partial charge in [-0.1, -0.05) is 40.0 Å². The minimum absolute atomic E-state index is 0.527. The molecule has 5 heteroatoms. The Morgan fingerprint density at radius 3 is 1.72 bits per heavy atom. The zero-order chi connectivity index (χ0) is 13.6. The van der Waals surface area contributed by atoms with Gasteiger partial charge in [0.15, 0.2) is 0 Å². The topological polar surface area (TPSA) is 44.8 Å². The predicted molar refractivity (Wildman–Crippen MR) is 75.4 cm³/mol. The maximum atomic E-state index is 11.9. The van der Waals surface area contributed by atoms with E-state index in [9.17, 15) is 4.57 Å². The average Bonchev–Trinajstić information content (AvgIpc) is 2.37. The molecule has 0 aromatic heterocycles. The fourth-order valence-electron chi connectivity index (χ4n) is 1.24. The van der Waals surface area contributed by atoms with Crippen molar-refractivity contribution in [3.63, 3.8) is 0 Å². The van der Waals surface area contributed by atoms with Crippen molar-refractivity contribution in [3.8, 4) is 0 Å². The smallest absolute Gasteiger partial charge is 0.246 e. The highest BCUT2D eigenvalue weighted by Gasteiger charge is 2.18. The molecule has 0 heterocycles. The van der Waals surface area contributed by atoms with E-state index in [1.54, 1.807) is 0 Å². The van der Waals surface area contributed by atoms with Crippen molar-refractivity contribution in [1.29, 1.82) is 0 Å². The molecule has 0 fully saturated rings. The fraction of sp³-hybridized carbons (Fsp3) is 1.00. The second kappa shape index (κ2) is 13.5. The number of unbranched alkanes of at least 4 members (excludes halogenated alkanes) is 3. The average molecular weight is 280 g/mol. The summed E-state index contributed by atoms with van der Waals surface area (Å²) in [5.74, 6) is 0. The zero-order valence-electron chi connectivity index (χ0n) is 12.1. The molecule has 18 heavy (non-hydrogen) atoms. The molecule has 0 aliphatic carbocycles. The van der Waals surface area contributed by atoms with Crippen LogP contribution < -0.4 is 0 Å². The first-order chi connectivity index (χ1) is 8.76. The molecule has 0 N–H and O–H groups in total. The first-order valence-electron chi connectivity index (χ1n) is 7.16. The summed E-state index contributed by atoms with van der Waals surface area (Å²) in [5.41, 5.74) is 0. The van der Waals surface area contributed by atoms with Crippen LogP contribution in [0.25, 0.3) is 0 Å². The molecule has 0 aliphatic heterocycles. The van der Waals surface area contributed by atoms with Gasteiger partial charge in [-0.15, -0.1) is 0 Å². The first kappa shape index (κ1) is 18.1. The number of hydrogen-bond donors (Lipinski definition) is 0. The van der Waals surface area contributed by atoms with E-state index < -0.39 is 14.1 Å². The second-order valence-corrected chi connectivity index (χ2v) is 5.70. The van der Waals surface area contributed by atoms with Crippen LogP contribution >= 0.6 is 8.03 Å². The van der Waals surface area contributed by atoms with Gasteiger partial charge in [0.2, 0.25) is 14.1 Å². The van der Waals surface area contributed by atoms with Crippen LogP contribution in [0.5, 0.6) is 0 Å². The van der Waals surface area contributed by atoms with Crippen molar-refractivity contribution < 1.29 is 18.6 Å². The van der Waals surface area contributed by atoms with Gasteiger partial charge in [0, 0.05) is 0 Å². The maximum absolute atomic E-state index is 11.9. The predicted octanol–water partition coefficient (Wildman–Crippen LogP) is 4.19. The molecule has 110 valence electrons. The fourth-order valence-corrected chi connectivity index (χ4v) is 2.23. The molecule has 0 spiro atoms. The summed E-state index contributed by atoms with van der Waals surface area (Å²) in [6.45, 7) is 7.96. The van der Waals surface area contributed by atoms with Crippen LogP contribution in [0.1, 0.15) is 59.3 Å². The summed E-state index contributed by atoms with van der Waals surface area (Å²) in [6, 6.07) is -0.662. The van der Waals surface area contributed by atoms with Crippen LogP contribution in [-0.4, -0.2) is 25.9 Å². The Balaban J connectivity index is 3.95. The molecule has 0 saturated heterocycles. The van der Waals surface area contributed by atoms with E-state index in [0.717, 1.165) is 38.5 Å². The van der Waals surface area contributed by atoms with Crippen LogP contribution in [0, 0.1) is 0 Å². The van der Waals surface area contributed by atoms with Crippen molar-refractivity contribution in [3.05, 3.63) is 0 Å². The molecule has 4 nitrogen and oxygen atoms in total. The van der Waals surface area contributed by atoms with Gasteiger partial charge in [0.05, 0.1) is 19.8 Å². The SMILES string of the molecule is CCCCOC(OCCCC)[PH](=O)OCCCC. The van der Waals surface area contributed by atoms with E-state index in [0.29, 0.717) is 19.8 Å². The Bertz CT molecular complexity index is 189. The summed E-state index contributed by atoms with van der Waals surface area (Å²) < 4.78 is 28.2.